The van der Waals surface area contributed by atoms with Crippen LogP contribution in [-0.2, 0) is 0 Å². The Morgan fingerprint density at radius 3 is 1.59 bits per heavy atom. The molecule has 0 N–H and O–H groups in total. The standard InChI is InChI=1S/C48H30O/c1-2-13-31(14-3-1)32-25-27-33(28-26-32)36-17-6-7-18-37(36)46-38-19-8-10-21-40(38)47(41-22-11-9-20-39(41)46)42-23-12-24-44-48(42)43-29-34-15-4-5-16-35(34)30-45(43)49-44/h1-30H/i6D,7D,17D,18D,25D,26D,27D,28D. The first-order valence-electron chi connectivity index (χ1n) is 20.2. The molecule has 1 heteroatoms. The number of hydrogen-bond donors (Lipinski definition) is 0. The van der Waals surface area contributed by atoms with Gasteiger partial charge < -0.3 is 4.42 Å². The molecule has 0 amide bonds. The second-order valence-corrected chi connectivity index (χ2v) is 12.2. The summed E-state index contributed by atoms with van der Waals surface area (Å²) in [5.74, 6) is 0. The summed E-state index contributed by atoms with van der Waals surface area (Å²) in [7, 11) is 0. The maximum atomic E-state index is 9.48. The van der Waals surface area contributed by atoms with Gasteiger partial charge >= 0.3 is 0 Å². The van der Waals surface area contributed by atoms with Crippen LogP contribution < -0.4 is 0 Å². The largest absolute Gasteiger partial charge is 0.456 e. The highest BCUT2D eigenvalue weighted by molar-refractivity contribution is 6.26. The summed E-state index contributed by atoms with van der Waals surface area (Å²) in [5, 5.41) is 7.13. The van der Waals surface area contributed by atoms with Crippen molar-refractivity contribution in [3.05, 3.63) is 182 Å². The van der Waals surface area contributed by atoms with Gasteiger partial charge in [0.15, 0.2) is 0 Å². The zero-order valence-corrected chi connectivity index (χ0v) is 26.1. The highest BCUT2D eigenvalue weighted by atomic mass is 16.3. The quantitative estimate of drug-likeness (QED) is 0.176. The molecule has 49 heavy (non-hydrogen) atoms. The molecule has 0 saturated heterocycles. The van der Waals surface area contributed by atoms with Crippen molar-refractivity contribution < 1.29 is 15.4 Å². The van der Waals surface area contributed by atoms with Crippen LogP contribution in [0.2, 0.25) is 0 Å². The van der Waals surface area contributed by atoms with Gasteiger partial charge in [-0.25, -0.2) is 0 Å². The molecular weight excluding hydrogens is 593 g/mol. The molecular formula is C48H30O. The predicted molar refractivity (Wildman–Crippen MR) is 208 cm³/mol. The lowest BCUT2D eigenvalue weighted by molar-refractivity contribution is 0.669. The zero-order chi connectivity index (χ0) is 39.3. The van der Waals surface area contributed by atoms with Gasteiger partial charge in [0.05, 0.1) is 11.0 Å². The molecule has 1 heterocycles. The minimum Gasteiger partial charge on any atom is -0.456 e. The van der Waals surface area contributed by atoms with E-state index in [0.717, 1.165) is 54.6 Å². The van der Waals surface area contributed by atoms with Crippen LogP contribution in [0, 0.1) is 0 Å². The van der Waals surface area contributed by atoms with Gasteiger partial charge in [0, 0.05) is 10.8 Å². The minimum absolute atomic E-state index is 0.0875. The van der Waals surface area contributed by atoms with Crippen LogP contribution in [0.1, 0.15) is 11.0 Å². The van der Waals surface area contributed by atoms with E-state index in [-0.39, 0.29) is 40.4 Å². The summed E-state index contributed by atoms with van der Waals surface area (Å²) in [6.07, 6.45) is 0. The molecule has 0 unspecified atom stereocenters. The van der Waals surface area contributed by atoms with E-state index in [4.69, 9.17) is 9.90 Å². The van der Waals surface area contributed by atoms with E-state index in [1.165, 1.54) is 0 Å². The highest BCUT2D eigenvalue weighted by Gasteiger charge is 2.21. The number of benzene rings is 9. The van der Waals surface area contributed by atoms with Crippen molar-refractivity contribution in [2.75, 3.05) is 0 Å². The topological polar surface area (TPSA) is 13.1 Å². The summed E-state index contributed by atoms with van der Waals surface area (Å²) in [6.45, 7) is 0. The highest BCUT2D eigenvalue weighted by Crippen LogP contribution is 2.48. The van der Waals surface area contributed by atoms with Crippen molar-refractivity contribution in [1.29, 1.82) is 0 Å². The summed E-state index contributed by atoms with van der Waals surface area (Å²) in [4.78, 5) is 0. The van der Waals surface area contributed by atoms with Crippen LogP contribution in [0.25, 0.3) is 98.8 Å². The monoisotopic (exact) mass is 630 g/mol. The van der Waals surface area contributed by atoms with Crippen LogP contribution in [0.4, 0.5) is 0 Å². The van der Waals surface area contributed by atoms with Crippen LogP contribution in [0.3, 0.4) is 0 Å². The van der Waals surface area contributed by atoms with Crippen molar-refractivity contribution in [3.8, 4) is 44.5 Å². The minimum atomic E-state index is -0.529. The van der Waals surface area contributed by atoms with Gasteiger partial charge in [0.25, 0.3) is 0 Å². The second kappa shape index (κ2) is 11.1. The second-order valence-electron chi connectivity index (χ2n) is 12.2. The van der Waals surface area contributed by atoms with Gasteiger partial charge in [0.2, 0.25) is 0 Å². The molecule has 10 aromatic rings. The summed E-state index contributed by atoms with van der Waals surface area (Å²) in [5.41, 5.74) is 4.32. The molecule has 228 valence electrons. The lowest BCUT2D eigenvalue weighted by Gasteiger charge is -2.20. The van der Waals surface area contributed by atoms with E-state index >= 15 is 0 Å². The Bertz CT molecular complexity index is 3250. The first-order chi connectivity index (χ1) is 27.7. The lowest BCUT2D eigenvalue weighted by atomic mass is 9.83. The molecule has 9 aromatic carbocycles. The molecule has 0 aliphatic rings. The SMILES string of the molecule is [2H]c1c([2H])c([2H])c(-c2c3ccccc3c(-c3cccc4oc5cc6ccccc6cc5c34)c3ccccc23)c(-c2c([2H])c([2H])c(-c3ccccc3)c([2H])c2[2H])c1[2H]. The van der Waals surface area contributed by atoms with Crippen molar-refractivity contribution in [2.45, 2.75) is 0 Å². The Hall–Kier alpha value is -6.44. The van der Waals surface area contributed by atoms with Gasteiger partial charge in [-0.05, 0) is 95.0 Å². The van der Waals surface area contributed by atoms with Crippen LogP contribution in [0.5, 0.6) is 0 Å². The normalized spacial score (nSPS) is 14.0. The van der Waals surface area contributed by atoms with Gasteiger partial charge in [-0.2, -0.15) is 0 Å². The maximum Gasteiger partial charge on any atom is 0.136 e. The summed E-state index contributed by atoms with van der Waals surface area (Å²) < 4.78 is 79.8. The number of furan rings is 1. The molecule has 10 rings (SSSR count). The Morgan fingerprint density at radius 2 is 0.918 bits per heavy atom. The fourth-order valence-corrected chi connectivity index (χ4v) is 7.28. The average Bonchev–Trinajstić information content (AvgIpc) is 3.61. The van der Waals surface area contributed by atoms with Gasteiger partial charge in [0.1, 0.15) is 11.2 Å². The van der Waals surface area contributed by atoms with Crippen LogP contribution in [-0.4, -0.2) is 0 Å². The van der Waals surface area contributed by atoms with Crippen molar-refractivity contribution in [3.63, 3.8) is 0 Å². The maximum absolute atomic E-state index is 9.48. The zero-order valence-electron chi connectivity index (χ0n) is 34.1. The third kappa shape index (κ3) is 4.40. The van der Waals surface area contributed by atoms with E-state index in [9.17, 15) is 5.48 Å². The van der Waals surface area contributed by atoms with Gasteiger partial charge in [-0.3, -0.25) is 0 Å². The van der Waals surface area contributed by atoms with E-state index in [2.05, 4.69) is 30.3 Å². The fourth-order valence-electron chi connectivity index (χ4n) is 7.28. The molecule has 0 aliphatic heterocycles. The fraction of sp³-hybridized carbons (Fsp3) is 0. The summed E-state index contributed by atoms with van der Waals surface area (Å²) in [6, 6.07) is 39.6. The molecule has 1 aromatic heterocycles. The predicted octanol–water partition coefficient (Wildman–Crippen LogP) is 13.7. The molecule has 0 aliphatic carbocycles. The summed E-state index contributed by atoms with van der Waals surface area (Å²) >= 11 is 0. The van der Waals surface area contributed by atoms with Gasteiger partial charge in [-0.15, -0.1) is 0 Å². The molecule has 0 atom stereocenters. The molecule has 0 saturated carbocycles. The van der Waals surface area contributed by atoms with Crippen molar-refractivity contribution >= 4 is 54.3 Å². The lowest BCUT2D eigenvalue weighted by Crippen LogP contribution is -1.93. The van der Waals surface area contributed by atoms with Crippen LogP contribution >= 0.6 is 0 Å². The average molecular weight is 631 g/mol. The van der Waals surface area contributed by atoms with E-state index in [1.54, 1.807) is 30.3 Å². The third-order valence-corrected chi connectivity index (χ3v) is 9.44. The molecule has 0 radical (unpaired) electrons. The number of hydrogen-bond acceptors (Lipinski definition) is 1. The first-order valence-corrected chi connectivity index (χ1v) is 16.2. The molecule has 0 bridgehead atoms. The number of fused-ring (bicyclic) bond motifs is 6. The Morgan fingerprint density at radius 1 is 0.367 bits per heavy atom. The van der Waals surface area contributed by atoms with E-state index in [0.29, 0.717) is 21.9 Å². The smallest absolute Gasteiger partial charge is 0.136 e. The van der Waals surface area contributed by atoms with E-state index in [1.807, 2.05) is 72.8 Å². The molecule has 1 nitrogen and oxygen atoms in total. The molecule has 0 spiro atoms. The van der Waals surface area contributed by atoms with Gasteiger partial charge in [-0.1, -0.05) is 164 Å². The third-order valence-electron chi connectivity index (χ3n) is 9.44. The Labute approximate surface area is 295 Å². The van der Waals surface area contributed by atoms with Crippen molar-refractivity contribution in [1.82, 2.24) is 0 Å². The number of rotatable bonds is 4. The molecule has 0 fully saturated rings. The van der Waals surface area contributed by atoms with Crippen molar-refractivity contribution in [2.24, 2.45) is 0 Å². The van der Waals surface area contributed by atoms with Crippen LogP contribution in [0.15, 0.2) is 186 Å². The Balaban J connectivity index is 1.34. The Kier molecular flexibility index (Phi) is 4.69. The van der Waals surface area contributed by atoms with E-state index < -0.39 is 30.2 Å². The first kappa shape index (κ1) is 20.7.